The maximum absolute atomic E-state index is 11.6. The number of hydrogen-bond acceptors (Lipinski definition) is 3. The Kier molecular flexibility index (Phi) is 2.56. The Hall–Kier alpha value is -2.21. The van der Waals surface area contributed by atoms with E-state index in [-0.39, 0.29) is 5.91 Å². The zero-order valence-corrected chi connectivity index (χ0v) is 10.1. The van der Waals surface area contributed by atoms with E-state index in [4.69, 9.17) is 0 Å². The SMILES string of the molecule is O=C1C=C(n2cc(-c3ccccc3)cn2)S(=O)N1. The first-order chi connectivity index (χ1) is 8.74. The molecule has 1 amide bonds. The number of aromatic nitrogens is 2. The Balaban J connectivity index is 1.98. The van der Waals surface area contributed by atoms with Gasteiger partial charge in [0, 0.05) is 17.8 Å². The van der Waals surface area contributed by atoms with Crippen LogP contribution in [0.2, 0.25) is 0 Å². The Morgan fingerprint density at radius 2 is 1.94 bits per heavy atom. The van der Waals surface area contributed by atoms with Crippen molar-refractivity contribution in [1.82, 2.24) is 14.5 Å². The van der Waals surface area contributed by atoms with E-state index in [1.54, 1.807) is 12.4 Å². The van der Waals surface area contributed by atoms with E-state index in [1.165, 1.54) is 10.8 Å². The van der Waals surface area contributed by atoms with Crippen LogP contribution in [0.4, 0.5) is 0 Å². The van der Waals surface area contributed by atoms with Crippen molar-refractivity contribution in [1.29, 1.82) is 0 Å². The Bertz CT molecular complexity index is 661. The highest BCUT2D eigenvalue weighted by Gasteiger charge is 2.21. The monoisotopic (exact) mass is 259 g/mol. The Morgan fingerprint density at radius 1 is 1.17 bits per heavy atom. The third-order valence-electron chi connectivity index (χ3n) is 2.55. The summed E-state index contributed by atoms with van der Waals surface area (Å²) in [7, 11) is -1.52. The van der Waals surface area contributed by atoms with Crippen molar-refractivity contribution in [3.63, 3.8) is 0 Å². The van der Waals surface area contributed by atoms with Gasteiger partial charge >= 0.3 is 0 Å². The number of amides is 1. The van der Waals surface area contributed by atoms with Gasteiger partial charge in [-0.1, -0.05) is 30.3 Å². The van der Waals surface area contributed by atoms with E-state index in [2.05, 4.69) is 9.82 Å². The highest BCUT2D eigenvalue weighted by molar-refractivity contribution is 7.93. The maximum atomic E-state index is 11.6. The van der Waals surface area contributed by atoms with Gasteiger partial charge in [0.15, 0.2) is 16.0 Å². The smallest absolute Gasteiger partial charge is 0.258 e. The standard InChI is InChI=1S/C12H9N3O2S/c16-11-6-12(18(17)14-11)15-8-10(7-13-15)9-4-2-1-3-5-9/h1-8H,(H,14,16). The van der Waals surface area contributed by atoms with Crippen LogP contribution in [-0.2, 0) is 15.8 Å². The summed E-state index contributed by atoms with van der Waals surface area (Å²) in [5, 5.41) is 4.47. The Labute approximate surface area is 106 Å². The molecule has 1 aliphatic rings. The molecule has 6 heteroatoms. The van der Waals surface area contributed by atoms with Crippen molar-refractivity contribution < 1.29 is 9.00 Å². The van der Waals surface area contributed by atoms with Crippen LogP contribution >= 0.6 is 0 Å². The molecule has 0 radical (unpaired) electrons. The molecular weight excluding hydrogens is 250 g/mol. The van der Waals surface area contributed by atoms with Crippen LogP contribution in [0, 0.1) is 0 Å². The molecule has 3 rings (SSSR count). The van der Waals surface area contributed by atoms with E-state index in [0.717, 1.165) is 11.1 Å². The van der Waals surface area contributed by atoms with Gasteiger partial charge in [-0.2, -0.15) is 5.10 Å². The number of hydrogen-bond donors (Lipinski definition) is 1. The topological polar surface area (TPSA) is 64.0 Å². The zero-order chi connectivity index (χ0) is 12.5. The molecule has 5 nitrogen and oxygen atoms in total. The minimum Gasteiger partial charge on any atom is -0.269 e. The summed E-state index contributed by atoms with van der Waals surface area (Å²) in [5.41, 5.74) is 1.93. The molecule has 0 saturated carbocycles. The van der Waals surface area contributed by atoms with Crippen LogP contribution in [0.15, 0.2) is 48.8 Å². The maximum Gasteiger partial charge on any atom is 0.258 e. The van der Waals surface area contributed by atoms with Gasteiger partial charge in [0.1, 0.15) is 0 Å². The zero-order valence-electron chi connectivity index (χ0n) is 9.24. The molecule has 1 aromatic carbocycles. The summed E-state index contributed by atoms with van der Waals surface area (Å²) in [6, 6.07) is 9.73. The van der Waals surface area contributed by atoms with Crippen LogP contribution in [0.5, 0.6) is 0 Å². The fraction of sp³-hybridized carbons (Fsp3) is 0. The van der Waals surface area contributed by atoms with E-state index in [0.29, 0.717) is 5.03 Å². The second-order valence-corrected chi connectivity index (χ2v) is 4.92. The molecule has 0 aliphatic carbocycles. The molecule has 1 unspecified atom stereocenters. The number of carbonyl (C=O) groups excluding carboxylic acids is 1. The van der Waals surface area contributed by atoms with Crippen molar-refractivity contribution >= 4 is 21.9 Å². The molecule has 2 heterocycles. The van der Waals surface area contributed by atoms with Crippen LogP contribution in [0.25, 0.3) is 16.2 Å². The van der Waals surface area contributed by atoms with Crippen LogP contribution < -0.4 is 4.72 Å². The van der Waals surface area contributed by atoms with Crippen LogP contribution in [0.3, 0.4) is 0 Å². The van der Waals surface area contributed by atoms with Crippen molar-refractivity contribution in [2.75, 3.05) is 0 Å². The van der Waals surface area contributed by atoms with Gasteiger partial charge in [-0.25, -0.2) is 8.89 Å². The van der Waals surface area contributed by atoms with Crippen molar-refractivity contribution in [3.05, 3.63) is 48.8 Å². The summed E-state index contributed by atoms with van der Waals surface area (Å²) < 4.78 is 15.3. The van der Waals surface area contributed by atoms with E-state index >= 15 is 0 Å². The summed E-state index contributed by atoms with van der Waals surface area (Å²) in [4.78, 5) is 11.1. The third-order valence-corrected chi connectivity index (χ3v) is 3.62. The Morgan fingerprint density at radius 3 is 2.61 bits per heavy atom. The molecule has 1 aromatic heterocycles. The molecule has 90 valence electrons. The lowest BCUT2D eigenvalue weighted by molar-refractivity contribution is -0.114. The normalized spacial score (nSPS) is 18.6. The summed E-state index contributed by atoms with van der Waals surface area (Å²) in [6.07, 6.45) is 4.72. The average Bonchev–Trinajstić information content (AvgIpc) is 2.97. The van der Waals surface area contributed by atoms with Crippen LogP contribution in [0.1, 0.15) is 0 Å². The fourth-order valence-electron chi connectivity index (χ4n) is 1.71. The lowest BCUT2D eigenvalue weighted by atomic mass is 10.1. The van der Waals surface area contributed by atoms with Gasteiger partial charge < -0.3 is 0 Å². The molecule has 0 saturated heterocycles. The van der Waals surface area contributed by atoms with Crippen molar-refractivity contribution in [2.45, 2.75) is 0 Å². The summed E-state index contributed by atoms with van der Waals surface area (Å²) in [6.45, 7) is 0. The van der Waals surface area contributed by atoms with Crippen LogP contribution in [-0.4, -0.2) is 19.9 Å². The van der Waals surface area contributed by atoms with Crippen molar-refractivity contribution in [2.24, 2.45) is 0 Å². The molecule has 0 spiro atoms. The van der Waals surface area contributed by atoms with Gasteiger partial charge in [-0.05, 0) is 5.56 Å². The molecular formula is C12H9N3O2S. The van der Waals surface area contributed by atoms with Gasteiger partial charge in [0.25, 0.3) is 5.91 Å². The minimum atomic E-state index is -1.52. The van der Waals surface area contributed by atoms with Gasteiger partial charge in [-0.15, -0.1) is 0 Å². The lowest BCUT2D eigenvalue weighted by Crippen LogP contribution is -2.17. The summed E-state index contributed by atoms with van der Waals surface area (Å²) >= 11 is 0. The van der Waals surface area contributed by atoms with Crippen molar-refractivity contribution in [3.8, 4) is 11.1 Å². The van der Waals surface area contributed by atoms with E-state index < -0.39 is 11.0 Å². The quantitative estimate of drug-likeness (QED) is 0.879. The predicted molar refractivity (Wildman–Crippen MR) is 68.2 cm³/mol. The molecule has 2 aromatic rings. The largest absolute Gasteiger partial charge is 0.269 e. The molecule has 1 N–H and O–H groups in total. The van der Waals surface area contributed by atoms with E-state index in [9.17, 15) is 9.00 Å². The van der Waals surface area contributed by atoms with Gasteiger partial charge in [0.2, 0.25) is 0 Å². The molecule has 18 heavy (non-hydrogen) atoms. The first-order valence-corrected chi connectivity index (χ1v) is 6.43. The molecule has 1 atom stereocenters. The number of benzene rings is 1. The molecule has 1 aliphatic heterocycles. The number of nitrogens with zero attached hydrogens (tertiary/aromatic N) is 2. The first-order valence-electron chi connectivity index (χ1n) is 5.28. The van der Waals surface area contributed by atoms with Gasteiger partial charge in [-0.3, -0.25) is 9.52 Å². The average molecular weight is 259 g/mol. The molecule has 0 fully saturated rings. The second kappa shape index (κ2) is 4.23. The van der Waals surface area contributed by atoms with Gasteiger partial charge in [0.05, 0.1) is 6.20 Å². The first kappa shape index (κ1) is 10.9. The second-order valence-electron chi connectivity index (χ2n) is 3.76. The molecule has 0 bridgehead atoms. The lowest BCUT2D eigenvalue weighted by Gasteiger charge is -1.99. The summed E-state index contributed by atoms with van der Waals surface area (Å²) in [5.74, 6) is -0.361. The third kappa shape index (κ3) is 1.86. The number of nitrogens with one attached hydrogen (secondary N) is 1. The fourth-order valence-corrected chi connectivity index (χ4v) is 2.54. The highest BCUT2D eigenvalue weighted by atomic mass is 32.2. The number of carbonyl (C=O) groups is 1. The highest BCUT2D eigenvalue weighted by Crippen LogP contribution is 2.21. The number of rotatable bonds is 2. The minimum absolute atomic E-state index is 0.349. The predicted octanol–water partition coefficient (Wildman–Crippen LogP) is 1.14. The van der Waals surface area contributed by atoms with E-state index in [1.807, 2.05) is 30.3 Å².